The molecule has 0 saturated heterocycles. The van der Waals surface area contributed by atoms with Crippen LogP contribution in [-0.4, -0.2) is 44.2 Å². The monoisotopic (exact) mass is 467 g/mol. The SMILES string of the molecule is COc1cnc(-c2ccc3cc(C(=O)NC(C)C)[nH]c3c2)nc1Nc1ccc(-c2cn[nH]c2)cc1. The Morgan fingerprint density at radius 3 is 2.51 bits per heavy atom. The van der Waals surface area contributed by atoms with Gasteiger partial charge in [0.25, 0.3) is 5.91 Å². The van der Waals surface area contributed by atoms with Gasteiger partial charge in [-0.2, -0.15) is 5.10 Å². The maximum absolute atomic E-state index is 12.4. The fraction of sp³-hybridized carbons (Fsp3) is 0.154. The van der Waals surface area contributed by atoms with Gasteiger partial charge in [0.1, 0.15) is 5.69 Å². The van der Waals surface area contributed by atoms with E-state index in [0.717, 1.165) is 33.3 Å². The van der Waals surface area contributed by atoms with Crippen molar-refractivity contribution < 1.29 is 9.53 Å². The molecule has 3 heterocycles. The van der Waals surface area contributed by atoms with Gasteiger partial charge < -0.3 is 20.4 Å². The van der Waals surface area contributed by atoms with E-state index >= 15 is 0 Å². The molecule has 176 valence electrons. The number of nitrogens with one attached hydrogen (secondary N) is 4. The van der Waals surface area contributed by atoms with E-state index in [-0.39, 0.29) is 11.9 Å². The van der Waals surface area contributed by atoms with Gasteiger partial charge in [0.15, 0.2) is 17.4 Å². The number of fused-ring (bicyclic) bond motifs is 1. The third kappa shape index (κ3) is 4.70. The zero-order valence-corrected chi connectivity index (χ0v) is 19.6. The fourth-order valence-corrected chi connectivity index (χ4v) is 3.77. The number of amides is 1. The van der Waals surface area contributed by atoms with Gasteiger partial charge in [0.05, 0.1) is 19.5 Å². The Morgan fingerprint density at radius 1 is 1.00 bits per heavy atom. The van der Waals surface area contributed by atoms with Crippen LogP contribution in [0.25, 0.3) is 33.4 Å². The number of carbonyl (C=O) groups is 1. The van der Waals surface area contributed by atoms with E-state index in [1.165, 1.54) is 0 Å². The number of nitrogens with zero attached hydrogens (tertiary/aromatic N) is 3. The number of anilines is 2. The first-order valence-corrected chi connectivity index (χ1v) is 11.2. The number of aromatic nitrogens is 5. The number of hydrogen-bond donors (Lipinski definition) is 4. The molecule has 2 aromatic carbocycles. The molecular weight excluding hydrogens is 442 g/mol. The molecule has 4 N–H and O–H groups in total. The first kappa shape index (κ1) is 22.1. The quantitative estimate of drug-likeness (QED) is 0.270. The average molecular weight is 468 g/mol. The Kier molecular flexibility index (Phi) is 5.88. The Hall–Kier alpha value is -4.66. The maximum Gasteiger partial charge on any atom is 0.267 e. The molecule has 35 heavy (non-hydrogen) atoms. The molecule has 0 aliphatic heterocycles. The number of carbonyl (C=O) groups excluding carboxylic acids is 1. The predicted octanol–water partition coefficient (Wildman–Crippen LogP) is 4.91. The molecule has 0 spiro atoms. The van der Waals surface area contributed by atoms with Crippen LogP contribution < -0.4 is 15.4 Å². The lowest BCUT2D eigenvalue weighted by Gasteiger charge is -2.12. The van der Waals surface area contributed by atoms with Crippen molar-refractivity contribution in [1.29, 1.82) is 0 Å². The number of H-pyrrole nitrogens is 2. The predicted molar refractivity (Wildman–Crippen MR) is 136 cm³/mol. The third-order valence-electron chi connectivity index (χ3n) is 5.50. The second-order valence-corrected chi connectivity index (χ2v) is 8.41. The summed E-state index contributed by atoms with van der Waals surface area (Å²) in [6.45, 7) is 3.86. The maximum atomic E-state index is 12.4. The second-order valence-electron chi connectivity index (χ2n) is 8.41. The van der Waals surface area contributed by atoms with Crippen LogP contribution in [0.5, 0.6) is 5.75 Å². The summed E-state index contributed by atoms with van der Waals surface area (Å²) in [7, 11) is 1.58. The van der Waals surface area contributed by atoms with Gasteiger partial charge in [-0.15, -0.1) is 0 Å². The van der Waals surface area contributed by atoms with Crippen molar-refractivity contribution in [2.75, 3.05) is 12.4 Å². The zero-order chi connectivity index (χ0) is 24.4. The highest BCUT2D eigenvalue weighted by molar-refractivity contribution is 5.98. The summed E-state index contributed by atoms with van der Waals surface area (Å²) >= 11 is 0. The highest BCUT2D eigenvalue weighted by Crippen LogP contribution is 2.30. The molecule has 0 unspecified atom stereocenters. The van der Waals surface area contributed by atoms with E-state index < -0.39 is 0 Å². The normalized spacial score (nSPS) is 11.1. The van der Waals surface area contributed by atoms with Gasteiger partial charge in [-0.25, -0.2) is 9.97 Å². The first-order valence-electron chi connectivity index (χ1n) is 11.2. The zero-order valence-electron chi connectivity index (χ0n) is 19.6. The van der Waals surface area contributed by atoms with Gasteiger partial charge in [-0.05, 0) is 43.7 Å². The summed E-state index contributed by atoms with van der Waals surface area (Å²) < 4.78 is 5.47. The van der Waals surface area contributed by atoms with Crippen molar-refractivity contribution in [2.45, 2.75) is 19.9 Å². The van der Waals surface area contributed by atoms with Crippen LogP contribution in [0.2, 0.25) is 0 Å². The van der Waals surface area contributed by atoms with Crippen LogP contribution >= 0.6 is 0 Å². The number of benzene rings is 2. The van der Waals surface area contributed by atoms with Crippen molar-refractivity contribution >= 4 is 28.3 Å². The average Bonchev–Trinajstić information content (AvgIpc) is 3.54. The van der Waals surface area contributed by atoms with Crippen molar-refractivity contribution in [3.05, 3.63) is 72.8 Å². The van der Waals surface area contributed by atoms with Gasteiger partial charge in [0, 0.05) is 40.0 Å². The van der Waals surface area contributed by atoms with Crippen LogP contribution in [0.3, 0.4) is 0 Å². The minimum atomic E-state index is -0.135. The van der Waals surface area contributed by atoms with Gasteiger partial charge in [-0.1, -0.05) is 24.3 Å². The number of hydrogen-bond acceptors (Lipinski definition) is 6. The summed E-state index contributed by atoms with van der Waals surface area (Å²) in [5.41, 5.74) is 5.10. The lowest BCUT2D eigenvalue weighted by molar-refractivity contribution is 0.0939. The molecule has 1 amide bonds. The third-order valence-corrected chi connectivity index (χ3v) is 5.50. The van der Waals surface area contributed by atoms with Gasteiger partial charge >= 0.3 is 0 Å². The molecular formula is C26H25N7O2. The first-order chi connectivity index (χ1) is 17.0. The second kappa shape index (κ2) is 9.30. The molecule has 0 fully saturated rings. The van der Waals surface area contributed by atoms with E-state index in [1.807, 2.05) is 68.6 Å². The minimum Gasteiger partial charge on any atom is -0.491 e. The Bertz CT molecular complexity index is 1470. The topological polar surface area (TPSA) is 121 Å². The summed E-state index contributed by atoms with van der Waals surface area (Å²) in [4.78, 5) is 24.7. The summed E-state index contributed by atoms with van der Waals surface area (Å²) in [5.74, 6) is 1.48. The Balaban J connectivity index is 1.42. The van der Waals surface area contributed by atoms with Crippen molar-refractivity contribution in [3.63, 3.8) is 0 Å². The summed E-state index contributed by atoms with van der Waals surface area (Å²) in [6, 6.07) is 15.7. The molecule has 0 atom stereocenters. The molecule has 0 aliphatic rings. The summed E-state index contributed by atoms with van der Waals surface area (Å²) in [5, 5.41) is 14.0. The van der Waals surface area contributed by atoms with Gasteiger partial charge in [0.2, 0.25) is 0 Å². The molecule has 5 aromatic rings. The molecule has 5 rings (SSSR count). The number of methoxy groups -OCH3 is 1. The molecule has 3 aromatic heterocycles. The van der Waals surface area contributed by atoms with Crippen LogP contribution in [0.1, 0.15) is 24.3 Å². The highest BCUT2D eigenvalue weighted by Gasteiger charge is 2.14. The van der Waals surface area contributed by atoms with E-state index in [0.29, 0.717) is 23.1 Å². The molecule has 0 aliphatic carbocycles. The molecule has 0 radical (unpaired) electrons. The van der Waals surface area contributed by atoms with Crippen LogP contribution in [0.15, 0.2) is 67.1 Å². The van der Waals surface area contributed by atoms with Gasteiger partial charge in [-0.3, -0.25) is 9.89 Å². The van der Waals surface area contributed by atoms with Crippen LogP contribution in [0, 0.1) is 0 Å². The minimum absolute atomic E-state index is 0.0601. The molecule has 0 bridgehead atoms. The summed E-state index contributed by atoms with van der Waals surface area (Å²) in [6.07, 6.45) is 5.27. The largest absolute Gasteiger partial charge is 0.491 e. The fourth-order valence-electron chi connectivity index (χ4n) is 3.77. The molecule has 9 nitrogen and oxygen atoms in total. The number of rotatable bonds is 7. The van der Waals surface area contributed by atoms with Crippen molar-refractivity contribution in [3.8, 4) is 28.3 Å². The Morgan fingerprint density at radius 2 is 1.80 bits per heavy atom. The lowest BCUT2D eigenvalue weighted by Crippen LogP contribution is -2.30. The lowest BCUT2D eigenvalue weighted by atomic mass is 10.1. The van der Waals surface area contributed by atoms with E-state index in [2.05, 4.69) is 30.8 Å². The standard InChI is InChI=1S/C26H25N7O2/c1-15(2)30-26(34)22-10-17-4-5-18(11-21(17)32-22)24-27-14-23(35-3)25(33-24)31-20-8-6-16(7-9-20)19-12-28-29-13-19/h4-15,32H,1-3H3,(H,28,29)(H,30,34)(H,27,31,33). The molecule has 0 saturated carbocycles. The molecule has 9 heteroatoms. The van der Waals surface area contributed by atoms with Crippen molar-refractivity contribution in [2.24, 2.45) is 0 Å². The number of ether oxygens (including phenoxy) is 1. The smallest absolute Gasteiger partial charge is 0.267 e. The van der Waals surface area contributed by atoms with E-state index in [9.17, 15) is 4.79 Å². The highest BCUT2D eigenvalue weighted by atomic mass is 16.5. The van der Waals surface area contributed by atoms with Crippen molar-refractivity contribution in [1.82, 2.24) is 30.5 Å². The number of aromatic amines is 2. The Labute approximate surface area is 202 Å². The van der Waals surface area contributed by atoms with Crippen LogP contribution in [0.4, 0.5) is 11.5 Å². The van der Waals surface area contributed by atoms with Crippen LogP contribution in [-0.2, 0) is 0 Å². The van der Waals surface area contributed by atoms with E-state index in [4.69, 9.17) is 9.72 Å². The van der Waals surface area contributed by atoms with E-state index in [1.54, 1.807) is 19.5 Å².